The van der Waals surface area contributed by atoms with Gasteiger partial charge in [0.2, 0.25) is 0 Å². The molecule has 0 radical (unpaired) electrons. The molecule has 1 aliphatic carbocycles. The van der Waals surface area contributed by atoms with Crippen molar-refractivity contribution in [1.29, 1.82) is 0 Å². The quantitative estimate of drug-likeness (QED) is 0.316. The molecule has 0 aromatic carbocycles. The van der Waals surface area contributed by atoms with E-state index in [1.165, 1.54) is 6.08 Å². The second kappa shape index (κ2) is 12.2. The monoisotopic (exact) mass is 363 g/mol. The number of aliphatic carboxylic acids is 1. The first-order valence-electron chi connectivity index (χ1n) is 12.9. The van der Waals surface area contributed by atoms with E-state index < -0.39 is 68.5 Å². The number of allylic oxidation sites excluding steroid dienone is 2. The molecular weight excluding hydrogens is 320 g/mol. The van der Waals surface area contributed by atoms with Gasteiger partial charge >= 0.3 is 5.97 Å². The topological polar surface area (TPSA) is 98.0 Å². The Labute approximate surface area is 163 Å². The molecule has 1 fully saturated rings. The van der Waals surface area contributed by atoms with E-state index in [4.69, 9.17) is 17.4 Å². The predicted molar refractivity (Wildman–Crippen MR) is 98.1 cm³/mol. The number of rotatable bonds is 12. The van der Waals surface area contributed by atoms with Crippen molar-refractivity contribution in [1.82, 2.24) is 0 Å². The van der Waals surface area contributed by atoms with Crippen molar-refractivity contribution < 1.29 is 37.6 Å². The lowest BCUT2D eigenvalue weighted by Crippen LogP contribution is -2.20. The van der Waals surface area contributed by atoms with E-state index >= 15 is 0 Å². The number of unbranched alkanes of at least 4 members (excludes halogenated alkanes) is 1. The zero-order valence-electron chi connectivity index (χ0n) is 23.1. The first-order chi connectivity index (χ1) is 15.3. The molecule has 5 heteroatoms. The van der Waals surface area contributed by atoms with Crippen molar-refractivity contribution in [2.24, 2.45) is 11.8 Å². The van der Waals surface area contributed by atoms with Crippen LogP contribution in [0.5, 0.6) is 0 Å². The highest BCUT2D eigenvalue weighted by Crippen LogP contribution is 2.36. The van der Waals surface area contributed by atoms with Gasteiger partial charge in [0.15, 0.2) is 0 Å². The Hall–Kier alpha value is -1.17. The lowest BCUT2D eigenvalue weighted by atomic mass is 9.89. The molecule has 0 aromatic rings. The number of aliphatic hydroxyl groups excluding tert-OH is 3. The van der Waals surface area contributed by atoms with Crippen molar-refractivity contribution in [2.75, 3.05) is 0 Å². The van der Waals surface area contributed by atoms with E-state index in [-0.39, 0.29) is 12.8 Å². The predicted octanol–water partition coefficient (Wildman–Crippen LogP) is 3.04. The van der Waals surface area contributed by atoms with Crippen molar-refractivity contribution in [3.63, 3.8) is 0 Å². The van der Waals surface area contributed by atoms with Crippen LogP contribution in [0.3, 0.4) is 0 Å². The SMILES string of the molecule is [2H]C([2H])([2H])C([2H])([2H])C([2H])([2H])C([2H])([2H])C[C@H](O)/C=C/[C@@H]1[C@@H](C/C=C\CCCC(=O)O)[C@@H](O)C[C@@H]1O. The Morgan fingerprint density at radius 3 is 2.84 bits per heavy atom. The molecule has 0 aromatic heterocycles. The highest BCUT2D eigenvalue weighted by Gasteiger charge is 2.39. The molecule has 0 aliphatic heterocycles. The largest absolute Gasteiger partial charge is 0.481 e. The van der Waals surface area contributed by atoms with E-state index in [0.29, 0.717) is 19.3 Å². The molecule has 4 N–H and O–H groups in total. The third-order valence-corrected chi connectivity index (χ3v) is 4.27. The Morgan fingerprint density at radius 2 is 2.12 bits per heavy atom. The van der Waals surface area contributed by atoms with Crippen LogP contribution in [0.1, 0.15) is 76.8 Å². The highest BCUT2D eigenvalue weighted by atomic mass is 16.4. The minimum atomic E-state index is -3.51. The summed E-state index contributed by atoms with van der Waals surface area (Å²) in [7, 11) is 0. The number of carbonyl (C=O) groups is 1. The van der Waals surface area contributed by atoms with Gasteiger partial charge in [-0.2, -0.15) is 0 Å². The third-order valence-electron chi connectivity index (χ3n) is 4.27. The molecule has 0 unspecified atom stereocenters. The number of hydrogen-bond acceptors (Lipinski definition) is 4. The summed E-state index contributed by atoms with van der Waals surface area (Å²) in [6, 6.07) is 0. The summed E-state index contributed by atoms with van der Waals surface area (Å²) in [6.45, 7) is -3.43. The zero-order chi connectivity index (χ0) is 26.5. The smallest absolute Gasteiger partial charge is 0.303 e. The van der Waals surface area contributed by atoms with Crippen LogP contribution in [-0.2, 0) is 4.79 Å². The fraction of sp³-hybridized carbons (Fsp3) is 0.750. The van der Waals surface area contributed by atoms with E-state index in [1.54, 1.807) is 12.2 Å². The molecule has 25 heavy (non-hydrogen) atoms. The van der Waals surface area contributed by atoms with Gasteiger partial charge in [0, 0.05) is 31.1 Å². The highest BCUT2D eigenvalue weighted by molar-refractivity contribution is 5.66. The van der Waals surface area contributed by atoms with Gasteiger partial charge in [0.05, 0.1) is 18.3 Å². The number of carboxylic acids is 1. The fourth-order valence-electron chi connectivity index (χ4n) is 2.97. The molecule has 1 aliphatic rings. The Morgan fingerprint density at radius 1 is 1.32 bits per heavy atom. The van der Waals surface area contributed by atoms with E-state index in [0.717, 1.165) is 6.08 Å². The van der Waals surface area contributed by atoms with Crippen LogP contribution in [0, 0.1) is 11.8 Å². The molecular formula is C20H34O5. The van der Waals surface area contributed by atoms with Gasteiger partial charge in [-0.25, -0.2) is 0 Å². The molecule has 1 saturated carbocycles. The maximum absolute atomic E-state index is 10.5. The van der Waals surface area contributed by atoms with Crippen molar-refractivity contribution in [3.05, 3.63) is 24.3 Å². The maximum atomic E-state index is 10.5. The molecule has 0 bridgehead atoms. The molecule has 144 valence electrons. The fourth-order valence-corrected chi connectivity index (χ4v) is 2.97. The van der Waals surface area contributed by atoms with Crippen LogP contribution in [0.4, 0.5) is 0 Å². The molecule has 0 heterocycles. The Kier molecular flexibility index (Phi) is 5.64. The minimum Gasteiger partial charge on any atom is -0.481 e. The average Bonchev–Trinajstić information content (AvgIpc) is 2.93. The van der Waals surface area contributed by atoms with Gasteiger partial charge in [0.1, 0.15) is 0 Å². The first-order valence-corrected chi connectivity index (χ1v) is 8.44. The number of hydrogen-bond donors (Lipinski definition) is 4. The lowest BCUT2D eigenvalue weighted by Gasteiger charge is -2.19. The summed E-state index contributed by atoms with van der Waals surface area (Å²) in [5, 5.41) is 39.4. The summed E-state index contributed by atoms with van der Waals surface area (Å²) >= 11 is 0. The zero-order valence-corrected chi connectivity index (χ0v) is 14.1. The second-order valence-corrected chi connectivity index (χ2v) is 6.19. The van der Waals surface area contributed by atoms with Crippen LogP contribution >= 0.6 is 0 Å². The second-order valence-electron chi connectivity index (χ2n) is 6.19. The molecule has 5 nitrogen and oxygen atoms in total. The maximum Gasteiger partial charge on any atom is 0.303 e. The van der Waals surface area contributed by atoms with Gasteiger partial charge in [-0.1, -0.05) is 50.3 Å². The first kappa shape index (κ1) is 11.5. The van der Waals surface area contributed by atoms with Crippen molar-refractivity contribution in [2.45, 2.75) is 82.8 Å². The summed E-state index contributed by atoms with van der Waals surface area (Å²) in [4.78, 5) is 10.5. The van der Waals surface area contributed by atoms with Crippen LogP contribution in [0.25, 0.3) is 0 Å². The summed E-state index contributed by atoms with van der Waals surface area (Å²) in [5.41, 5.74) is 0. The normalized spacial score (nSPS) is 35.7. The van der Waals surface area contributed by atoms with E-state index in [1.807, 2.05) is 0 Å². The molecule has 0 amide bonds. The van der Waals surface area contributed by atoms with Gasteiger partial charge in [-0.15, -0.1) is 0 Å². The number of aliphatic hydroxyl groups is 3. The average molecular weight is 364 g/mol. The standard InChI is InChI=1S/C20H34O5/c1-2-3-6-9-15(21)12-13-17-16(18(22)14-19(17)23)10-7-4-5-8-11-20(24)25/h4,7,12-13,15-19,21-23H,2-3,5-6,8-11,14H2,1H3,(H,24,25)/b7-4-,13-12+/t15-,16+,17+,18-,19-/m0/s1/i1D3,2D2,3D2,6D2. The molecule has 1 rings (SSSR count). The molecule has 0 spiro atoms. The van der Waals surface area contributed by atoms with Crippen LogP contribution < -0.4 is 0 Å². The van der Waals surface area contributed by atoms with Gasteiger partial charge in [-0.05, 0) is 31.6 Å². The van der Waals surface area contributed by atoms with Crippen LogP contribution in [0.2, 0.25) is 0 Å². The van der Waals surface area contributed by atoms with E-state index in [9.17, 15) is 20.1 Å². The Bertz CT molecular complexity index is 736. The lowest BCUT2D eigenvalue weighted by molar-refractivity contribution is -0.137. The van der Waals surface area contributed by atoms with Crippen molar-refractivity contribution >= 4 is 5.97 Å². The molecule has 0 saturated heterocycles. The summed E-state index contributed by atoms with van der Waals surface area (Å²) in [6.07, 6.45) is -6.70. The van der Waals surface area contributed by atoms with Crippen molar-refractivity contribution in [3.8, 4) is 0 Å². The third kappa shape index (κ3) is 8.66. The Balaban J connectivity index is 2.84. The van der Waals surface area contributed by atoms with Crippen LogP contribution in [0.15, 0.2) is 24.3 Å². The summed E-state index contributed by atoms with van der Waals surface area (Å²) in [5.74, 6) is -1.90. The summed E-state index contributed by atoms with van der Waals surface area (Å²) < 4.78 is 68.4. The minimum absolute atomic E-state index is 0.0394. The molecule has 5 atom stereocenters. The van der Waals surface area contributed by atoms with E-state index in [2.05, 4.69) is 0 Å². The number of carboxylic acid groups (broad SMARTS) is 1. The van der Waals surface area contributed by atoms with Gasteiger partial charge < -0.3 is 20.4 Å². The van der Waals surface area contributed by atoms with Gasteiger partial charge in [-0.3, -0.25) is 4.79 Å². The van der Waals surface area contributed by atoms with Gasteiger partial charge in [0.25, 0.3) is 0 Å². The van der Waals surface area contributed by atoms with Crippen LogP contribution in [-0.4, -0.2) is 44.7 Å².